The SMILES string of the molecule is CCCCCCOC(=O)CN1C(=O)C(C)(C)Oc2ccc(C)cc21. The first-order valence-corrected chi connectivity index (χ1v) is 8.62. The van der Waals surface area contributed by atoms with Gasteiger partial charge in [0.05, 0.1) is 12.3 Å². The van der Waals surface area contributed by atoms with E-state index in [0.29, 0.717) is 18.0 Å². The van der Waals surface area contributed by atoms with Gasteiger partial charge in [-0.05, 0) is 44.9 Å². The zero-order chi connectivity index (χ0) is 17.7. The van der Waals surface area contributed by atoms with E-state index >= 15 is 0 Å². The molecule has 1 amide bonds. The topological polar surface area (TPSA) is 55.8 Å². The van der Waals surface area contributed by atoms with Gasteiger partial charge in [-0.3, -0.25) is 14.5 Å². The van der Waals surface area contributed by atoms with Crippen LogP contribution in [0.5, 0.6) is 5.75 Å². The molecule has 2 rings (SSSR count). The number of aryl methyl sites for hydroxylation is 1. The molecule has 0 saturated carbocycles. The fourth-order valence-corrected chi connectivity index (χ4v) is 2.72. The van der Waals surface area contributed by atoms with Gasteiger partial charge in [0.25, 0.3) is 5.91 Å². The quantitative estimate of drug-likeness (QED) is 0.565. The summed E-state index contributed by atoms with van der Waals surface area (Å²) in [7, 11) is 0. The Morgan fingerprint density at radius 1 is 1.25 bits per heavy atom. The molecule has 0 unspecified atom stereocenters. The van der Waals surface area contributed by atoms with Gasteiger partial charge in [0.1, 0.15) is 12.3 Å². The van der Waals surface area contributed by atoms with Crippen molar-refractivity contribution < 1.29 is 19.1 Å². The summed E-state index contributed by atoms with van der Waals surface area (Å²) in [5.74, 6) is -0.00511. The molecule has 0 fully saturated rings. The van der Waals surface area contributed by atoms with Crippen LogP contribution in [0.1, 0.15) is 52.0 Å². The summed E-state index contributed by atoms with van der Waals surface area (Å²) in [6, 6.07) is 5.62. The van der Waals surface area contributed by atoms with Crippen LogP contribution in [0, 0.1) is 6.92 Å². The largest absolute Gasteiger partial charge is 0.476 e. The first-order chi connectivity index (χ1) is 11.3. The van der Waals surface area contributed by atoms with Crippen LogP contribution in [-0.4, -0.2) is 30.6 Å². The van der Waals surface area contributed by atoms with Crippen LogP contribution in [-0.2, 0) is 14.3 Å². The van der Waals surface area contributed by atoms with Crippen molar-refractivity contribution in [3.8, 4) is 5.75 Å². The third-order valence-corrected chi connectivity index (χ3v) is 4.08. The van der Waals surface area contributed by atoms with Crippen molar-refractivity contribution in [2.75, 3.05) is 18.1 Å². The zero-order valence-corrected chi connectivity index (χ0v) is 15.1. The van der Waals surface area contributed by atoms with Crippen molar-refractivity contribution in [2.24, 2.45) is 0 Å². The Bertz CT molecular complexity index is 609. The Balaban J connectivity index is 2.06. The van der Waals surface area contributed by atoms with Gasteiger partial charge in [-0.25, -0.2) is 0 Å². The molecule has 1 aliphatic heterocycles. The van der Waals surface area contributed by atoms with Gasteiger partial charge in [0, 0.05) is 0 Å². The van der Waals surface area contributed by atoms with Crippen LogP contribution >= 0.6 is 0 Å². The van der Waals surface area contributed by atoms with Crippen molar-refractivity contribution in [3.63, 3.8) is 0 Å². The Morgan fingerprint density at radius 2 is 2.00 bits per heavy atom. The molecule has 0 saturated heterocycles. The van der Waals surface area contributed by atoms with E-state index in [0.717, 1.165) is 31.2 Å². The molecule has 5 heteroatoms. The number of rotatable bonds is 7. The van der Waals surface area contributed by atoms with Crippen LogP contribution in [0.2, 0.25) is 0 Å². The van der Waals surface area contributed by atoms with Gasteiger partial charge in [0.15, 0.2) is 5.60 Å². The second-order valence-corrected chi connectivity index (χ2v) is 6.76. The molecule has 1 heterocycles. The number of esters is 1. The van der Waals surface area contributed by atoms with Crippen molar-refractivity contribution >= 4 is 17.6 Å². The lowest BCUT2D eigenvalue weighted by Gasteiger charge is -2.38. The van der Waals surface area contributed by atoms with Crippen LogP contribution in [0.15, 0.2) is 18.2 Å². The van der Waals surface area contributed by atoms with Crippen LogP contribution in [0.25, 0.3) is 0 Å². The Morgan fingerprint density at radius 3 is 2.71 bits per heavy atom. The van der Waals surface area contributed by atoms with Crippen LogP contribution in [0.4, 0.5) is 5.69 Å². The summed E-state index contributed by atoms with van der Waals surface area (Å²) in [5.41, 5.74) is 0.633. The summed E-state index contributed by atoms with van der Waals surface area (Å²) in [6.07, 6.45) is 4.19. The third-order valence-electron chi connectivity index (χ3n) is 4.08. The van der Waals surface area contributed by atoms with E-state index < -0.39 is 5.60 Å². The molecule has 0 atom stereocenters. The van der Waals surface area contributed by atoms with Gasteiger partial charge in [-0.15, -0.1) is 0 Å². The number of unbranched alkanes of at least 4 members (excludes halogenated alkanes) is 3. The van der Waals surface area contributed by atoms with Crippen molar-refractivity contribution in [3.05, 3.63) is 23.8 Å². The first-order valence-electron chi connectivity index (χ1n) is 8.62. The lowest BCUT2D eigenvalue weighted by atomic mass is 10.0. The maximum Gasteiger partial charge on any atom is 0.326 e. The molecule has 0 aromatic heterocycles. The number of amides is 1. The highest BCUT2D eigenvalue weighted by Crippen LogP contribution is 2.38. The second kappa shape index (κ2) is 7.69. The third kappa shape index (κ3) is 4.28. The van der Waals surface area contributed by atoms with Gasteiger partial charge in [-0.2, -0.15) is 0 Å². The monoisotopic (exact) mass is 333 g/mol. The number of hydrogen-bond acceptors (Lipinski definition) is 4. The summed E-state index contributed by atoms with van der Waals surface area (Å²) in [4.78, 5) is 26.3. The van der Waals surface area contributed by atoms with E-state index in [1.54, 1.807) is 13.8 Å². The number of hydrogen-bond donors (Lipinski definition) is 0. The predicted octanol–water partition coefficient (Wildman–Crippen LogP) is 3.62. The lowest BCUT2D eigenvalue weighted by molar-refractivity contribution is -0.144. The number of ether oxygens (including phenoxy) is 2. The highest BCUT2D eigenvalue weighted by atomic mass is 16.5. The fourth-order valence-electron chi connectivity index (χ4n) is 2.72. The number of fused-ring (bicyclic) bond motifs is 1. The molecule has 0 radical (unpaired) electrons. The number of carbonyl (C=O) groups is 2. The first kappa shape index (κ1) is 18.3. The molecular formula is C19H27NO4. The average molecular weight is 333 g/mol. The smallest absolute Gasteiger partial charge is 0.326 e. The van der Waals surface area contributed by atoms with Crippen molar-refractivity contribution in [1.29, 1.82) is 0 Å². The molecule has 0 aliphatic carbocycles. The number of benzene rings is 1. The average Bonchev–Trinajstić information content (AvgIpc) is 2.52. The van der Waals surface area contributed by atoms with Crippen molar-refractivity contribution in [1.82, 2.24) is 0 Å². The minimum atomic E-state index is -0.996. The Kier molecular flexibility index (Phi) is 5.86. The molecule has 1 aromatic rings. The zero-order valence-electron chi connectivity index (χ0n) is 15.1. The summed E-state index contributed by atoms with van der Waals surface area (Å²) in [6.45, 7) is 7.81. The van der Waals surface area contributed by atoms with Gasteiger partial charge < -0.3 is 9.47 Å². The summed E-state index contributed by atoms with van der Waals surface area (Å²) >= 11 is 0. The Hall–Kier alpha value is -2.04. The number of carbonyl (C=O) groups excluding carboxylic acids is 2. The Labute approximate surface area is 143 Å². The standard InChI is InChI=1S/C19H27NO4/c1-5-6-7-8-11-23-17(21)13-20-15-12-14(2)9-10-16(15)24-19(3,4)18(20)22/h9-10,12H,5-8,11,13H2,1-4H3. The summed E-state index contributed by atoms with van der Waals surface area (Å²) < 4.78 is 11.1. The van der Waals surface area contributed by atoms with E-state index in [1.807, 2.05) is 25.1 Å². The lowest BCUT2D eigenvalue weighted by Crippen LogP contribution is -2.54. The highest BCUT2D eigenvalue weighted by molar-refractivity contribution is 6.05. The van der Waals surface area contributed by atoms with E-state index in [9.17, 15) is 9.59 Å². The molecule has 24 heavy (non-hydrogen) atoms. The van der Waals surface area contributed by atoms with Gasteiger partial charge in [-0.1, -0.05) is 32.3 Å². The van der Waals surface area contributed by atoms with Gasteiger partial charge in [0.2, 0.25) is 0 Å². The van der Waals surface area contributed by atoms with Crippen LogP contribution in [0.3, 0.4) is 0 Å². The van der Waals surface area contributed by atoms with E-state index in [-0.39, 0.29) is 18.4 Å². The molecular weight excluding hydrogens is 306 g/mol. The normalized spacial score (nSPS) is 15.7. The predicted molar refractivity (Wildman–Crippen MR) is 93.3 cm³/mol. The minimum absolute atomic E-state index is 0.0874. The second-order valence-electron chi connectivity index (χ2n) is 6.76. The molecule has 5 nitrogen and oxygen atoms in total. The molecule has 132 valence electrons. The van der Waals surface area contributed by atoms with E-state index in [1.165, 1.54) is 4.90 Å². The van der Waals surface area contributed by atoms with E-state index in [4.69, 9.17) is 9.47 Å². The van der Waals surface area contributed by atoms with E-state index in [2.05, 4.69) is 6.92 Å². The molecule has 0 bridgehead atoms. The minimum Gasteiger partial charge on any atom is -0.476 e. The van der Waals surface area contributed by atoms with Crippen LogP contribution < -0.4 is 9.64 Å². The molecule has 1 aromatic carbocycles. The molecule has 0 spiro atoms. The fraction of sp³-hybridized carbons (Fsp3) is 0.579. The molecule has 0 N–H and O–H groups in total. The maximum atomic E-state index is 12.7. The number of anilines is 1. The summed E-state index contributed by atoms with van der Waals surface area (Å²) in [5, 5.41) is 0. The number of nitrogens with zero attached hydrogens (tertiary/aromatic N) is 1. The highest BCUT2D eigenvalue weighted by Gasteiger charge is 2.41. The van der Waals surface area contributed by atoms with Gasteiger partial charge >= 0.3 is 5.97 Å². The maximum absolute atomic E-state index is 12.7. The van der Waals surface area contributed by atoms with Crippen molar-refractivity contribution in [2.45, 2.75) is 59.0 Å². The molecule has 1 aliphatic rings.